The second kappa shape index (κ2) is 9.25. The number of halogens is 1. The Hall–Kier alpha value is -2.27. The fraction of sp³-hybridized carbons (Fsp3) is 0.500. The molecule has 1 aliphatic carbocycles. The van der Waals surface area contributed by atoms with Gasteiger partial charge in [0.2, 0.25) is 5.88 Å². The Kier molecular flexibility index (Phi) is 6.47. The van der Waals surface area contributed by atoms with E-state index in [9.17, 15) is 4.79 Å². The normalized spacial score (nSPS) is 19.6. The van der Waals surface area contributed by atoms with Gasteiger partial charge in [0.05, 0.1) is 18.8 Å². The summed E-state index contributed by atoms with van der Waals surface area (Å²) in [6.45, 7) is 6.06. The predicted molar refractivity (Wildman–Crippen MR) is 119 cm³/mol. The molecule has 4 rings (SSSR count). The highest BCUT2D eigenvalue weighted by Crippen LogP contribution is 2.36. The lowest BCUT2D eigenvalue weighted by Crippen LogP contribution is -2.25. The monoisotopic (exact) mass is 428 g/mol. The number of ether oxygens (including phenoxy) is 2. The van der Waals surface area contributed by atoms with Crippen LogP contribution in [0.15, 0.2) is 36.5 Å². The smallest absolute Gasteiger partial charge is 0.234 e. The average molecular weight is 429 g/mol. The second-order valence-electron chi connectivity index (χ2n) is 8.55. The minimum atomic E-state index is 0.102. The third-order valence-electron chi connectivity index (χ3n) is 5.82. The molecule has 0 bridgehead atoms. The quantitative estimate of drug-likeness (QED) is 0.545. The molecule has 5 nitrogen and oxygen atoms in total. The number of ketones is 1. The second-order valence-corrected chi connectivity index (χ2v) is 8.93. The van der Waals surface area contributed by atoms with E-state index in [0.29, 0.717) is 29.8 Å². The molecule has 2 aliphatic rings. The first kappa shape index (κ1) is 21.0. The van der Waals surface area contributed by atoms with E-state index in [1.54, 1.807) is 13.1 Å². The molecule has 160 valence electrons. The maximum Gasteiger partial charge on any atom is 0.234 e. The van der Waals surface area contributed by atoms with Gasteiger partial charge in [-0.15, -0.1) is 0 Å². The van der Waals surface area contributed by atoms with Gasteiger partial charge in [0.1, 0.15) is 22.7 Å². The summed E-state index contributed by atoms with van der Waals surface area (Å²) in [6, 6.07) is 10.0. The van der Waals surface area contributed by atoms with Crippen LogP contribution in [-0.2, 0) is 4.79 Å². The van der Waals surface area contributed by atoms with E-state index in [1.165, 1.54) is 12.8 Å². The van der Waals surface area contributed by atoms with Crippen LogP contribution in [0.25, 0.3) is 0 Å². The molecule has 0 amide bonds. The fourth-order valence-electron chi connectivity index (χ4n) is 3.90. The highest BCUT2D eigenvalue weighted by Gasteiger charge is 2.28. The Morgan fingerprint density at radius 1 is 1.23 bits per heavy atom. The Balaban J connectivity index is 1.34. The zero-order valence-corrected chi connectivity index (χ0v) is 18.4. The number of hydrogen-bond acceptors (Lipinski definition) is 5. The molecule has 1 saturated heterocycles. The molecule has 1 saturated carbocycles. The van der Waals surface area contributed by atoms with E-state index in [2.05, 4.69) is 28.9 Å². The number of rotatable bonds is 9. The topological polar surface area (TPSA) is 51.7 Å². The molecule has 0 N–H and O–H groups in total. The van der Waals surface area contributed by atoms with E-state index < -0.39 is 0 Å². The number of Topliss-reactive ketones (excluding diaryl/α,β-unsaturated/α-hetero) is 1. The van der Waals surface area contributed by atoms with E-state index in [0.717, 1.165) is 36.5 Å². The van der Waals surface area contributed by atoms with Gasteiger partial charge in [0, 0.05) is 25.6 Å². The van der Waals surface area contributed by atoms with Crippen molar-refractivity contribution < 1.29 is 14.3 Å². The van der Waals surface area contributed by atoms with E-state index in [4.69, 9.17) is 21.1 Å². The molecule has 0 spiro atoms. The van der Waals surface area contributed by atoms with Crippen LogP contribution >= 0.6 is 11.6 Å². The van der Waals surface area contributed by atoms with Crippen LogP contribution < -0.4 is 14.4 Å². The minimum Gasteiger partial charge on any atom is -0.489 e. The summed E-state index contributed by atoms with van der Waals surface area (Å²) in [7, 11) is 0. The first-order valence-corrected chi connectivity index (χ1v) is 11.2. The predicted octanol–water partition coefficient (Wildman–Crippen LogP) is 5.26. The maximum atomic E-state index is 11.3. The molecule has 2 atom stereocenters. The zero-order valence-electron chi connectivity index (χ0n) is 17.6. The van der Waals surface area contributed by atoms with Gasteiger partial charge in [0.15, 0.2) is 0 Å². The van der Waals surface area contributed by atoms with Crippen LogP contribution in [0.5, 0.6) is 11.6 Å². The molecule has 2 heterocycles. The summed E-state index contributed by atoms with van der Waals surface area (Å²) in [4.78, 5) is 17.9. The van der Waals surface area contributed by atoms with Crippen molar-refractivity contribution in [3.05, 3.63) is 47.1 Å². The molecular formula is C24H29ClN2O3. The zero-order chi connectivity index (χ0) is 21.1. The van der Waals surface area contributed by atoms with Crippen molar-refractivity contribution in [1.29, 1.82) is 0 Å². The number of nitrogens with zero attached hydrogens (tertiary/aromatic N) is 2. The molecule has 2 fully saturated rings. The van der Waals surface area contributed by atoms with Crippen molar-refractivity contribution in [2.24, 2.45) is 5.92 Å². The molecule has 1 aliphatic heterocycles. The lowest BCUT2D eigenvalue weighted by molar-refractivity contribution is -0.117. The summed E-state index contributed by atoms with van der Waals surface area (Å²) in [6.07, 6.45) is 5.83. The van der Waals surface area contributed by atoms with Gasteiger partial charge in [-0.05, 0) is 55.4 Å². The number of anilines is 1. The van der Waals surface area contributed by atoms with Crippen molar-refractivity contribution in [3.63, 3.8) is 0 Å². The van der Waals surface area contributed by atoms with Crippen LogP contribution in [0.1, 0.15) is 51.0 Å². The number of carbonyl (C=O) groups is 1. The van der Waals surface area contributed by atoms with Gasteiger partial charge in [0.25, 0.3) is 0 Å². The van der Waals surface area contributed by atoms with Crippen LogP contribution in [-0.4, -0.2) is 36.6 Å². The van der Waals surface area contributed by atoms with Gasteiger partial charge in [-0.25, -0.2) is 4.98 Å². The SMILES string of the molecule is CC(=O)C[C@@H](C)c1ccc(O[C@@H]2CCN(c3ccnc(OCC4CC4)c3Cl)C2)cc1. The number of benzene rings is 1. The third kappa shape index (κ3) is 5.25. The fourth-order valence-corrected chi connectivity index (χ4v) is 4.19. The van der Waals surface area contributed by atoms with Crippen molar-refractivity contribution in [1.82, 2.24) is 4.98 Å². The van der Waals surface area contributed by atoms with Gasteiger partial charge in [-0.3, -0.25) is 0 Å². The molecule has 1 aromatic heterocycles. The summed E-state index contributed by atoms with van der Waals surface area (Å²) in [5.41, 5.74) is 2.12. The van der Waals surface area contributed by atoms with E-state index >= 15 is 0 Å². The van der Waals surface area contributed by atoms with E-state index in [-0.39, 0.29) is 17.8 Å². The Morgan fingerprint density at radius 3 is 2.70 bits per heavy atom. The lowest BCUT2D eigenvalue weighted by atomic mass is 9.96. The van der Waals surface area contributed by atoms with Crippen LogP contribution in [0.3, 0.4) is 0 Å². The van der Waals surface area contributed by atoms with E-state index in [1.807, 2.05) is 18.2 Å². The Morgan fingerprint density at radius 2 is 2.00 bits per heavy atom. The Bertz CT molecular complexity index is 883. The lowest BCUT2D eigenvalue weighted by Gasteiger charge is -2.21. The summed E-state index contributed by atoms with van der Waals surface area (Å²) >= 11 is 6.59. The number of aromatic nitrogens is 1. The highest BCUT2D eigenvalue weighted by atomic mass is 35.5. The number of carbonyl (C=O) groups excluding carboxylic acids is 1. The number of pyridine rings is 1. The Labute approximate surface area is 183 Å². The summed E-state index contributed by atoms with van der Waals surface area (Å²) in [5.74, 6) is 2.48. The van der Waals surface area contributed by atoms with Crippen molar-refractivity contribution >= 4 is 23.1 Å². The standard InChI is InChI=1S/C24H29ClN2O3/c1-16(13-17(2)28)19-5-7-20(8-6-19)30-21-10-12-27(14-21)22-9-11-26-24(23(22)25)29-15-18-3-4-18/h5-9,11,16,18,21H,3-4,10,12-15H2,1-2H3/t16-,21-/m1/s1. The van der Waals surface area contributed by atoms with Gasteiger partial charge in [-0.1, -0.05) is 30.7 Å². The van der Waals surface area contributed by atoms with Crippen molar-refractivity contribution in [2.75, 3.05) is 24.6 Å². The molecule has 0 radical (unpaired) electrons. The molecular weight excluding hydrogens is 400 g/mol. The van der Waals surface area contributed by atoms with Gasteiger partial charge < -0.3 is 19.2 Å². The molecule has 1 aromatic carbocycles. The third-order valence-corrected chi connectivity index (χ3v) is 6.18. The largest absolute Gasteiger partial charge is 0.489 e. The summed E-state index contributed by atoms with van der Waals surface area (Å²) in [5, 5.41) is 0.586. The van der Waals surface area contributed by atoms with Crippen molar-refractivity contribution in [3.8, 4) is 11.6 Å². The van der Waals surface area contributed by atoms with Gasteiger partial charge in [-0.2, -0.15) is 0 Å². The van der Waals surface area contributed by atoms with Crippen LogP contribution in [0, 0.1) is 5.92 Å². The van der Waals surface area contributed by atoms with Crippen LogP contribution in [0.2, 0.25) is 5.02 Å². The van der Waals surface area contributed by atoms with Crippen molar-refractivity contribution in [2.45, 2.75) is 51.6 Å². The maximum absolute atomic E-state index is 11.3. The molecule has 6 heteroatoms. The van der Waals surface area contributed by atoms with Crippen LogP contribution in [0.4, 0.5) is 5.69 Å². The first-order valence-electron chi connectivity index (χ1n) is 10.8. The highest BCUT2D eigenvalue weighted by molar-refractivity contribution is 6.34. The minimum absolute atomic E-state index is 0.102. The molecule has 2 aromatic rings. The first-order chi connectivity index (χ1) is 14.5. The van der Waals surface area contributed by atoms with Gasteiger partial charge >= 0.3 is 0 Å². The summed E-state index contributed by atoms with van der Waals surface area (Å²) < 4.78 is 12.0. The molecule has 30 heavy (non-hydrogen) atoms. The average Bonchev–Trinajstić information content (AvgIpc) is 3.44. The number of hydrogen-bond donors (Lipinski definition) is 0. The molecule has 0 unspecified atom stereocenters.